The summed E-state index contributed by atoms with van der Waals surface area (Å²) in [6.07, 6.45) is -0.463. The van der Waals surface area contributed by atoms with Crippen molar-refractivity contribution in [1.29, 1.82) is 5.26 Å². The Morgan fingerprint density at radius 2 is 1.65 bits per heavy atom. The van der Waals surface area contributed by atoms with Crippen LogP contribution in [0.5, 0.6) is 17.2 Å². The molecule has 0 saturated carbocycles. The summed E-state index contributed by atoms with van der Waals surface area (Å²) in [6.45, 7) is 3.58. The lowest BCUT2D eigenvalue weighted by molar-refractivity contribution is 0.0695. The van der Waals surface area contributed by atoms with Crippen molar-refractivity contribution in [1.82, 2.24) is 0 Å². The third kappa shape index (κ3) is 2.81. The SMILES string of the molecule is CCC(C)(C#N)C(O)c1cc(OC)c(OC)cc1OC. The van der Waals surface area contributed by atoms with Gasteiger partial charge in [0.2, 0.25) is 0 Å². The van der Waals surface area contributed by atoms with Crippen molar-refractivity contribution >= 4 is 0 Å². The van der Waals surface area contributed by atoms with E-state index >= 15 is 0 Å². The van der Waals surface area contributed by atoms with Gasteiger partial charge in [-0.1, -0.05) is 6.92 Å². The molecule has 2 atom stereocenters. The number of benzene rings is 1. The number of nitriles is 1. The fourth-order valence-corrected chi connectivity index (χ4v) is 1.94. The molecule has 0 aliphatic heterocycles. The third-order valence-corrected chi connectivity index (χ3v) is 3.62. The molecular weight excluding hydrogens is 258 g/mol. The Labute approximate surface area is 119 Å². The number of methoxy groups -OCH3 is 3. The van der Waals surface area contributed by atoms with Gasteiger partial charge in [-0.25, -0.2) is 0 Å². The topological polar surface area (TPSA) is 71.7 Å². The Kier molecular flexibility index (Phi) is 5.23. The normalized spacial score (nSPS) is 14.8. The Hall–Kier alpha value is -1.93. The average molecular weight is 279 g/mol. The van der Waals surface area contributed by atoms with Crippen molar-refractivity contribution in [3.05, 3.63) is 17.7 Å². The first-order valence-electron chi connectivity index (χ1n) is 6.36. The van der Waals surface area contributed by atoms with Gasteiger partial charge in [0, 0.05) is 11.6 Å². The number of hydrogen-bond acceptors (Lipinski definition) is 5. The molecule has 0 radical (unpaired) electrons. The molecule has 1 N–H and O–H groups in total. The zero-order valence-electron chi connectivity index (χ0n) is 12.6. The summed E-state index contributed by atoms with van der Waals surface area (Å²) in [5, 5.41) is 19.8. The summed E-state index contributed by atoms with van der Waals surface area (Å²) in [5.41, 5.74) is -0.386. The number of ether oxygens (including phenoxy) is 3. The molecule has 1 rings (SSSR count). The van der Waals surface area contributed by atoms with Crippen molar-refractivity contribution < 1.29 is 19.3 Å². The lowest BCUT2D eigenvalue weighted by Gasteiger charge is -2.28. The molecule has 0 saturated heterocycles. The molecule has 0 spiro atoms. The fourth-order valence-electron chi connectivity index (χ4n) is 1.94. The first kappa shape index (κ1) is 16.1. The molecule has 1 aromatic rings. The van der Waals surface area contributed by atoms with Crippen molar-refractivity contribution in [2.24, 2.45) is 5.41 Å². The van der Waals surface area contributed by atoms with Crippen molar-refractivity contribution in [2.45, 2.75) is 26.4 Å². The summed E-state index contributed by atoms with van der Waals surface area (Å²) >= 11 is 0. The monoisotopic (exact) mass is 279 g/mol. The molecule has 0 aliphatic rings. The highest BCUT2D eigenvalue weighted by molar-refractivity contribution is 5.52. The van der Waals surface area contributed by atoms with Crippen LogP contribution >= 0.6 is 0 Å². The van der Waals surface area contributed by atoms with E-state index in [9.17, 15) is 10.4 Å². The molecule has 0 heterocycles. The second-order valence-electron chi connectivity index (χ2n) is 4.73. The van der Waals surface area contributed by atoms with Crippen LogP contribution in [0.1, 0.15) is 31.9 Å². The molecule has 0 aliphatic carbocycles. The summed E-state index contributed by atoms with van der Waals surface area (Å²) in [5.74, 6) is 1.46. The molecular formula is C15H21NO4. The Balaban J connectivity index is 3.40. The molecule has 5 nitrogen and oxygen atoms in total. The van der Waals surface area contributed by atoms with Gasteiger partial charge in [-0.05, 0) is 19.4 Å². The quantitative estimate of drug-likeness (QED) is 0.866. The Morgan fingerprint density at radius 3 is 2.05 bits per heavy atom. The fraction of sp³-hybridized carbons (Fsp3) is 0.533. The lowest BCUT2D eigenvalue weighted by atomic mass is 9.79. The van der Waals surface area contributed by atoms with Gasteiger partial charge in [0.05, 0.1) is 32.8 Å². The van der Waals surface area contributed by atoms with E-state index in [0.717, 1.165) is 0 Å². The van der Waals surface area contributed by atoms with Crippen LogP contribution < -0.4 is 14.2 Å². The predicted molar refractivity (Wildman–Crippen MR) is 75.1 cm³/mol. The van der Waals surface area contributed by atoms with Crippen LogP contribution in [0.25, 0.3) is 0 Å². The summed E-state index contributed by atoms with van der Waals surface area (Å²) in [7, 11) is 4.55. The number of hydrogen-bond donors (Lipinski definition) is 1. The largest absolute Gasteiger partial charge is 0.496 e. The van der Waals surface area contributed by atoms with Crippen molar-refractivity contribution in [2.75, 3.05) is 21.3 Å². The van der Waals surface area contributed by atoms with E-state index in [-0.39, 0.29) is 0 Å². The van der Waals surface area contributed by atoms with Crippen LogP contribution in [-0.4, -0.2) is 26.4 Å². The highest BCUT2D eigenvalue weighted by atomic mass is 16.5. The first-order valence-corrected chi connectivity index (χ1v) is 6.36. The zero-order chi connectivity index (χ0) is 15.3. The summed E-state index contributed by atoms with van der Waals surface area (Å²) in [4.78, 5) is 0. The van der Waals surface area contributed by atoms with E-state index in [1.807, 2.05) is 6.92 Å². The van der Waals surface area contributed by atoms with Gasteiger partial charge >= 0.3 is 0 Å². The van der Waals surface area contributed by atoms with Gasteiger partial charge in [0.25, 0.3) is 0 Å². The first-order chi connectivity index (χ1) is 9.47. The maximum atomic E-state index is 10.5. The van der Waals surface area contributed by atoms with E-state index in [1.54, 1.807) is 19.1 Å². The summed E-state index contributed by atoms with van der Waals surface area (Å²) < 4.78 is 15.7. The van der Waals surface area contributed by atoms with Crippen LogP contribution in [0.2, 0.25) is 0 Å². The second kappa shape index (κ2) is 6.49. The average Bonchev–Trinajstić information content (AvgIpc) is 2.51. The smallest absolute Gasteiger partial charge is 0.164 e. The minimum Gasteiger partial charge on any atom is -0.496 e. The van der Waals surface area contributed by atoms with Gasteiger partial charge in [-0.3, -0.25) is 0 Å². The van der Waals surface area contributed by atoms with E-state index in [2.05, 4.69) is 6.07 Å². The van der Waals surface area contributed by atoms with Crippen LogP contribution in [0.3, 0.4) is 0 Å². The van der Waals surface area contributed by atoms with Crippen LogP contribution in [-0.2, 0) is 0 Å². The molecule has 20 heavy (non-hydrogen) atoms. The van der Waals surface area contributed by atoms with E-state index < -0.39 is 11.5 Å². The van der Waals surface area contributed by atoms with E-state index in [1.165, 1.54) is 21.3 Å². The second-order valence-corrected chi connectivity index (χ2v) is 4.73. The number of aliphatic hydroxyl groups excluding tert-OH is 1. The van der Waals surface area contributed by atoms with E-state index in [4.69, 9.17) is 14.2 Å². The number of nitrogens with zero attached hydrogens (tertiary/aromatic N) is 1. The van der Waals surface area contributed by atoms with Gasteiger partial charge in [0.1, 0.15) is 11.9 Å². The molecule has 0 amide bonds. The minimum absolute atomic E-state index is 0.463. The maximum absolute atomic E-state index is 10.5. The van der Waals surface area contributed by atoms with Gasteiger partial charge in [-0.2, -0.15) is 5.26 Å². The lowest BCUT2D eigenvalue weighted by Crippen LogP contribution is -2.23. The van der Waals surface area contributed by atoms with Crippen LogP contribution in [0, 0.1) is 16.7 Å². The Bertz CT molecular complexity index is 509. The van der Waals surface area contributed by atoms with E-state index in [0.29, 0.717) is 29.2 Å². The van der Waals surface area contributed by atoms with Gasteiger partial charge in [0.15, 0.2) is 11.5 Å². The third-order valence-electron chi connectivity index (χ3n) is 3.62. The maximum Gasteiger partial charge on any atom is 0.164 e. The standard InChI is InChI=1S/C15H21NO4/c1-6-15(2,9-16)14(17)10-7-12(19-4)13(20-5)8-11(10)18-3/h7-8,14,17H,6H2,1-5H3. The zero-order valence-corrected chi connectivity index (χ0v) is 12.6. The molecule has 5 heteroatoms. The highest BCUT2D eigenvalue weighted by Crippen LogP contribution is 2.44. The number of rotatable bonds is 6. The molecule has 2 unspecified atom stereocenters. The molecule has 0 fully saturated rings. The summed E-state index contributed by atoms with van der Waals surface area (Å²) in [6, 6.07) is 5.46. The van der Waals surface area contributed by atoms with Crippen LogP contribution in [0.15, 0.2) is 12.1 Å². The highest BCUT2D eigenvalue weighted by Gasteiger charge is 2.35. The molecule has 0 aromatic heterocycles. The van der Waals surface area contributed by atoms with Crippen molar-refractivity contribution in [3.8, 4) is 23.3 Å². The predicted octanol–water partition coefficient (Wildman–Crippen LogP) is 2.69. The van der Waals surface area contributed by atoms with Crippen molar-refractivity contribution in [3.63, 3.8) is 0 Å². The minimum atomic E-state index is -0.979. The van der Waals surface area contributed by atoms with Crippen LogP contribution in [0.4, 0.5) is 0 Å². The number of aliphatic hydroxyl groups is 1. The molecule has 1 aromatic carbocycles. The Morgan fingerprint density at radius 1 is 1.15 bits per heavy atom. The molecule has 110 valence electrons. The molecule has 0 bridgehead atoms. The van der Waals surface area contributed by atoms with Gasteiger partial charge < -0.3 is 19.3 Å². The van der Waals surface area contributed by atoms with Gasteiger partial charge in [-0.15, -0.1) is 0 Å².